The molecule has 1 aliphatic rings. The van der Waals surface area contributed by atoms with Gasteiger partial charge in [-0.05, 0) is 48.7 Å². The van der Waals surface area contributed by atoms with Crippen molar-refractivity contribution >= 4 is 33.0 Å². The van der Waals surface area contributed by atoms with Gasteiger partial charge in [-0.25, -0.2) is 12.8 Å². The number of hydrogen-bond acceptors (Lipinski definition) is 4. The van der Waals surface area contributed by atoms with Crippen molar-refractivity contribution in [2.45, 2.75) is 19.3 Å². The molecule has 0 atom stereocenters. The zero-order valence-corrected chi connectivity index (χ0v) is 14.9. The lowest BCUT2D eigenvalue weighted by molar-refractivity contribution is -0.116. The molecule has 1 aliphatic heterocycles. The van der Waals surface area contributed by atoms with Gasteiger partial charge >= 0.3 is 0 Å². The zero-order valence-electron chi connectivity index (χ0n) is 14.1. The molecule has 138 valence electrons. The second kappa shape index (κ2) is 7.33. The first kappa shape index (κ1) is 18.2. The van der Waals surface area contributed by atoms with E-state index >= 15 is 0 Å². The third-order valence-electron chi connectivity index (χ3n) is 4.25. The van der Waals surface area contributed by atoms with E-state index in [0.29, 0.717) is 30.8 Å². The summed E-state index contributed by atoms with van der Waals surface area (Å²) in [6.07, 6.45) is 1.32. The van der Waals surface area contributed by atoms with Crippen LogP contribution in [0.1, 0.15) is 18.4 Å². The highest BCUT2D eigenvalue weighted by Crippen LogP contribution is 2.24. The van der Waals surface area contributed by atoms with Crippen LogP contribution in [0.5, 0.6) is 0 Å². The normalized spacial score (nSPS) is 15.8. The molecule has 0 aromatic heterocycles. The largest absolute Gasteiger partial charge is 0.397 e. The van der Waals surface area contributed by atoms with Gasteiger partial charge < -0.3 is 11.1 Å². The number of nitrogens with zero attached hydrogens (tertiary/aromatic N) is 1. The SMILES string of the molecule is Nc1ccc(F)cc1NC(=O)CCc1ccc(N2CCCS2(=O)=O)cc1. The number of carbonyl (C=O) groups excluding carboxylic acids is 1. The second-order valence-corrected chi connectivity index (χ2v) is 8.20. The summed E-state index contributed by atoms with van der Waals surface area (Å²) < 4.78 is 38.5. The fraction of sp³-hybridized carbons (Fsp3) is 0.278. The Kier molecular flexibility index (Phi) is 5.13. The minimum atomic E-state index is -3.19. The second-order valence-electron chi connectivity index (χ2n) is 6.19. The summed E-state index contributed by atoms with van der Waals surface area (Å²) in [6, 6.07) is 10.9. The summed E-state index contributed by atoms with van der Waals surface area (Å²) in [4.78, 5) is 12.0. The Hall–Kier alpha value is -2.61. The molecule has 26 heavy (non-hydrogen) atoms. The van der Waals surface area contributed by atoms with Crippen molar-refractivity contribution in [2.75, 3.05) is 27.7 Å². The van der Waals surface area contributed by atoms with Gasteiger partial charge in [0.05, 0.1) is 22.8 Å². The van der Waals surface area contributed by atoms with E-state index < -0.39 is 15.8 Å². The number of anilines is 3. The maximum atomic E-state index is 13.2. The molecule has 3 N–H and O–H groups in total. The molecule has 1 saturated heterocycles. The smallest absolute Gasteiger partial charge is 0.235 e. The third-order valence-corrected chi connectivity index (χ3v) is 6.12. The summed E-state index contributed by atoms with van der Waals surface area (Å²) in [7, 11) is -3.19. The predicted octanol–water partition coefficient (Wildman–Crippen LogP) is 2.52. The number of sulfonamides is 1. The van der Waals surface area contributed by atoms with Gasteiger partial charge in [-0.3, -0.25) is 9.10 Å². The summed E-state index contributed by atoms with van der Waals surface area (Å²) in [5, 5.41) is 2.60. The van der Waals surface area contributed by atoms with Crippen molar-refractivity contribution in [3.05, 3.63) is 53.8 Å². The van der Waals surface area contributed by atoms with Crippen molar-refractivity contribution in [3.8, 4) is 0 Å². The molecule has 0 unspecified atom stereocenters. The van der Waals surface area contributed by atoms with E-state index in [1.807, 2.05) is 12.1 Å². The number of amides is 1. The van der Waals surface area contributed by atoms with Crippen molar-refractivity contribution < 1.29 is 17.6 Å². The summed E-state index contributed by atoms with van der Waals surface area (Å²) in [5.41, 5.74) is 7.82. The number of halogens is 1. The molecule has 2 aromatic carbocycles. The standard InChI is InChI=1S/C18H20FN3O3S/c19-14-5-8-16(20)17(12-14)21-18(23)9-4-13-2-6-15(7-3-13)22-10-1-11-26(22,24)25/h2-3,5-8,12H,1,4,9-11,20H2,(H,21,23). The van der Waals surface area contributed by atoms with Crippen molar-refractivity contribution in [3.63, 3.8) is 0 Å². The van der Waals surface area contributed by atoms with Crippen LogP contribution in [0.15, 0.2) is 42.5 Å². The molecule has 0 spiro atoms. The van der Waals surface area contributed by atoms with Crippen LogP contribution in [-0.2, 0) is 21.2 Å². The Morgan fingerprint density at radius 1 is 1.19 bits per heavy atom. The van der Waals surface area contributed by atoms with E-state index in [1.165, 1.54) is 22.5 Å². The number of nitrogens with one attached hydrogen (secondary N) is 1. The minimum absolute atomic E-state index is 0.179. The fourth-order valence-corrected chi connectivity index (χ4v) is 4.43. The van der Waals surface area contributed by atoms with Crippen LogP contribution in [-0.4, -0.2) is 26.6 Å². The average Bonchev–Trinajstić information content (AvgIpc) is 2.96. The lowest BCUT2D eigenvalue weighted by atomic mass is 10.1. The number of hydrogen-bond donors (Lipinski definition) is 2. The molecule has 8 heteroatoms. The van der Waals surface area contributed by atoms with E-state index in [1.54, 1.807) is 12.1 Å². The van der Waals surface area contributed by atoms with E-state index in [9.17, 15) is 17.6 Å². The first-order valence-corrected chi connectivity index (χ1v) is 9.90. The topological polar surface area (TPSA) is 92.5 Å². The summed E-state index contributed by atoms with van der Waals surface area (Å²) in [6.45, 7) is 0.499. The average molecular weight is 377 g/mol. The van der Waals surface area contributed by atoms with Gasteiger partial charge in [0, 0.05) is 13.0 Å². The van der Waals surface area contributed by atoms with E-state index in [4.69, 9.17) is 5.73 Å². The number of rotatable bonds is 5. The first-order chi connectivity index (χ1) is 12.3. The molecule has 0 aliphatic carbocycles. The highest BCUT2D eigenvalue weighted by atomic mass is 32.2. The lowest BCUT2D eigenvalue weighted by Crippen LogP contribution is -2.24. The fourth-order valence-electron chi connectivity index (χ4n) is 2.87. The van der Waals surface area contributed by atoms with Crippen LogP contribution < -0.4 is 15.4 Å². The van der Waals surface area contributed by atoms with Gasteiger partial charge in [0.1, 0.15) is 5.82 Å². The highest BCUT2D eigenvalue weighted by molar-refractivity contribution is 7.93. The van der Waals surface area contributed by atoms with Crippen LogP contribution in [0.3, 0.4) is 0 Å². The molecule has 0 bridgehead atoms. The van der Waals surface area contributed by atoms with E-state index in [2.05, 4.69) is 5.32 Å². The van der Waals surface area contributed by atoms with Crippen molar-refractivity contribution in [1.29, 1.82) is 0 Å². The van der Waals surface area contributed by atoms with Gasteiger partial charge in [0.25, 0.3) is 0 Å². The van der Waals surface area contributed by atoms with Crippen LogP contribution in [0, 0.1) is 5.82 Å². The molecule has 2 aromatic rings. The molecule has 0 saturated carbocycles. The Morgan fingerprint density at radius 3 is 2.58 bits per heavy atom. The number of benzene rings is 2. The van der Waals surface area contributed by atoms with Gasteiger partial charge in [-0.15, -0.1) is 0 Å². The van der Waals surface area contributed by atoms with Crippen molar-refractivity contribution in [1.82, 2.24) is 0 Å². The Bertz CT molecular complexity index is 914. The number of carbonyl (C=O) groups is 1. The van der Waals surface area contributed by atoms with Crippen LogP contribution in [0.2, 0.25) is 0 Å². The number of nitrogens with two attached hydrogens (primary N) is 1. The zero-order chi connectivity index (χ0) is 18.7. The van der Waals surface area contributed by atoms with Crippen LogP contribution >= 0.6 is 0 Å². The maximum absolute atomic E-state index is 13.2. The number of aryl methyl sites for hydroxylation is 1. The van der Waals surface area contributed by atoms with Crippen LogP contribution in [0.25, 0.3) is 0 Å². The van der Waals surface area contributed by atoms with Gasteiger partial charge in [-0.2, -0.15) is 0 Å². The van der Waals surface area contributed by atoms with Crippen molar-refractivity contribution in [2.24, 2.45) is 0 Å². The molecule has 1 amide bonds. The van der Waals surface area contributed by atoms with Gasteiger partial charge in [0.2, 0.25) is 15.9 Å². The lowest BCUT2D eigenvalue weighted by Gasteiger charge is -2.17. The Morgan fingerprint density at radius 2 is 1.92 bits per heavy atom. The molecule has 6 nitrogen and oxygen atoms in total. The predicted molar refractivity (Wildman–Crippen MR) is 100.0 cm³/mol. The molecular formula is C18H20FN3O3S. The molecule has 1 fully saturated rings. The molecule has 0 radical (unpaired) electrons. The molecule has 1 heterocycles. The highest BCUT2D eigenvalue weighted by Gasteiger charge is 2.28. The Labute approximate surface area is 151 Å². The monoisotopic (exact) mass is 377 g/mol. The summed E-state index contributed by atoms with van der Waals surface area (Å²) >= 11 is 0. The number of nitrogen functional groups attached to an aromatic ring is 1. The summed E-state index contributed by atoms with van der Waals surface area (Å²) in [5.74, 6) is -0.562. The Balaban J connectivity index is 1.58. The van der Waals surface area contributed by atoms with E-state index in [0.717, 1.165) is 5.56 Å². The maximum Gasteiger partial charge on any atom is 0.235 e. The van der Waals surface area contributed by atoms with Gasteiger partial charge in [0.15, 0.2) is 0 Å². The molecule has 3 rings (SSSR count). The van der Waals surface area contributed by atoms with Gasteiger partial charge in [-0.1, -0.05) is 12.1 Å². The first-order valence-electron chi connectivity index (χ1n) is 8.29. The third kappa shape index (κ3) is 4.13. The quantitative estimate of drug-likeness (QED) is 0.783. The van der Waals surface area contributed by atoms with E-state index in [-0.39, 0.29) is 23.8 Å². The van der Waals surface area contributed by atoms with Crippen LogP contribution in [0.4, 0.5) is 21.5 Å². The molecular weight excluding hydrogens is 357 g/mol. The minimum Gasteiger partial charge on any atom is -0.397 e.